The van der Waals surface area contributed by atoms with Crippen LogP contribution in [0.25, 0.3) is 0 Å². The predicted octanol–water partition coefficient (Wildman–Crippen LogP) is 4.43. The van der Waals surface area contributed by atoms with Crippen LogP contribution in [-0.4, -0.2) is 5.11 Å². The molecule has 0 aliphatic heterocycles. The lowest BCUT2D eigenvalue weighted by atomic mass is 9.97. The van der Waals surface area contributed by atoms with E-state index in [1.807, 2.05) is 13.0 Å². The van der Waals surface area contributed by atoms with Gasteiger partial charge in [-0.05, 0) is 37.1 Å². The van der Waals surface area contributed by atoms with E-state index >= 15 is 0 Å². The van der Waals surface area contributed by atoms with Crippen molar-refractivity contribution in [2.45, 2.75) is 20.0 Å². The summed E-state index contributed by atoms with van der Waals surface area (Å²) in [4.78, 5) is 0. The average molecular weight is 327 g/mol. The second kappa shape index (κ2) is 5.39. The summed E-state index contributed by atoms with van der Waals surface area (Å²) in [6, 6.07) is 7.82. The van der Waals surface area contributed by atoms with E-state index in [0.717, 1.165) is 5.56 Å². The average Bonchev–Trinajstić information content (AvgIpc) is 2.37. The summed E-state index contributed by atoms with van der Waals surface area (Å²) in [5, 5.41) is 10.3. The maximum absolute atomic E-state index is 14.0. The number of halogens is 3. The topological polar surface area (TPSA) is 20.2 Å². The first kappa shape index (κ1) is 14.2. The molecule has 0 heterocycles. The number of benzene rings is 2. The van der Waals surface area contributed by atoms with Crippen LogP contribution in [-0.2, 0) is 0 Å². The van der Waals surface area contributed by atoms with Gasteiger partial charge in [0.25, 0.3) is 0 Å². The van der Waals surface area contributed by atoms with Gasteiger partial charge in [-0.1, -0.05) is 39.7 Å². The van der Waals surface area contributed by atoms with E-state index in [4.69, 9.17) is 0 Å². The van der Waals surface area contributed by atoms with Crippen LogP contribution in [0.3, 0.4) is 0 Å². The highest BCUT2D eigenvalue weighted by Crippen LogP contribution is 2.33. The maximum Gasteiger partial charge on any atom is 0.135 e. The molecule has 0 fully saturated rings. The van der Waals surface area contributed by atoms with Crippen molar-refractivity contribution in [1.29, 1.82) is 0 Å². The molecule has 0 aromatic heterocycles. The molecule has 1 N–H and O–H groups in total. The van der Waals surface area contributed by atoms with Crippen molar-refractivity contribution in [2.24, 2.45) is 0 Å². The number of aliphatic hydroxyl groups excluding tert-OH is 1. The quantitative estimate of drug-likeness (QED) is 0.865. The van der Waals surface area contributed by atoms with Crippen LogP contribution in [0.2, 0.25) is 0 Å². The Labute approximate surface area is 119 Å². The van der Waals surface area contributed by atoms with Gasteiger partial charge in [-0.25, -0.2) is 8.78 Å². The molecule has 2 rings (SSSR count). The Bertz CT molecular complexity index is 626. The fourth-order valence-electron chi connectivity index (χ4n) is 1.96. The van der Waals surface area contributed by atoms with Crippen LogP contribution in [0.4, 0.5) is 8.78 Å². The summed E-state index contributed by atoms with van der Waals surface area (Å²) in [5.41, 5.74) is 1.35. The molecule has 100 valence electrons. The Balaban J connectivity index is 2.59. The minimum absolute atomic E-state index is 0.305. The molecular weight excluding hydrogens is 314 g/mol. The molecule has 0 amide bonds. The van der Waals surface area contributed by atoms with Gasteiger partial charge in [0, 0.05) is 4.47 Å². The Hall–Kier alpha value is -1.26. The number of hydrogen-bond acceptors (Lipinski definition) is 1. The summed E-state index contributed by atoms with van der Waals surface area (Å²) < 4.78 is 28.4. The number of hydrogen-bond donors (Lipinski definition) is 1. The number of rotatable bonds is 2. The van der Waals surface area contributed by atoms with Gasteiger partial charge < -0.3 is 5.11 Å². The zero-order valence-electron chi connectivity index (χ0n) is 10.5. The van der Waals surface area contributed by atoms with E-state index in [0.29, 0.717) is 15.6 Å². The minimum atomic E-state index is -1.34. The lowest BCUT2D eigenvalue weighted by Crippen LogP contribution is -2.08. The van der Waals surface area contributed by atoms with Crippen LogP contribution in [0.15, 0.2) is 34.8 Å². The van der Waals surface area contributed by atoms with Gasteiger partial charge in [0.05, 0.1) is 5.56 Å². The second-order valence-electron chi connectivity index (χ2n) is 4.52. The molecule has 0 saturated heterocycles. The van der Waals surface area contributed by atoms with Gasteiger partial charge in [0.2, 0.25) is 0 Å². The maximum atomic E-state index is 14.0. The highest BCUT2D eigenvalue weighted by atomic mass is 79.9. The van der Waals surface area contributed by atoms with Crippen molar-refractivity contribution in [3.63, 3.8) is 0 Å². The van der Waals surface area contributed by atoms with Gasteiger partial charge in [0.1, 0.15) is 17.7 Å². The third-order valence-corrected chi connectivity index (χ3v) is 3.76. The van der Waals surface area contributed by atoms with Crippen LogP contribution < -0.4 is 0 Å². The molecule has 2 aromatic rings. The van der Waals surface area contributed by atoms with Gasteiger partial charge in [-0.15, -0.1) is 0 Å². The first-order valence-electron chi connectivity index (χ1n) is 5.80. The lowest BCUT2D eigenvalue weighted by molar-refractivity contribution is 0.208. The van der Waals surface area contributed by atoms with Crippen LogP contribution in [0, 0.1) is 25.5 Å². The molecule has 1 nitrogen and oxygen atoms in total. The normalized spacial score (nSPS) is 12.5. The Morgan fingerprint density at radius 1 is 1.11 bits per heavy atom. The molecule has 0 saturated carbocycles. The second-order valence-corrected chi connectivity index (χ2v) is 5.37. The zero-order valence-corrected chi connectivity index (χ0v) is 12.1. The molecule has 1 atom stereocenters. The lowest BCUT2D eigenvalue weighted by Gasteiger charge is -2.16. The van der Waals surface area contributed by atoms with Gasteiger partial charge in [-0.3, -0.25) is 0 Å². The first-order chi connectivity index (χ1) is 8.91. The van der Waals surface area contributed by atoms with Gasteiger partial charge >= 0.3 is 0 Å². The molecule has 0 radical (unpaired) electrons. The Kier molecular flexibility index (Phi) is 4.02. The third-order valence-electron chi connectivity index (χ3n) is 3.04. The standard InChI is InChI=1S/C15H13BrF2O/c1-8-3-5-11(16)10(7-8)15(19)13-12(17)6-4-9(2)14(13)18/h3-7,15,19H,1-2H3. The molecule has 19 heavy (non-hydrogen) atoms. The fraction of sp³-hybridized carbons (Fsp3) is 0.200. The molecule has 0 spiro atoms. The van der Waals surface area contributed by atoms with Crippen LogP contribution in [0.1, 0.15) is 28.4 Å². The Morgan fingerprint density at radius 3 is 2.47 bits per heavy atom. The SMILES string of the molecule is Cc1ccc(Br)c(C(O)c2c(F)ccc(C)c2F)c1. The predicted molar refractivity (Wildman–Crippen MR) is 74.0 cm³/mol. The largest absolute Gasteiger partial charge is 0.383 e. The van der Waals surface area contributed by atoms with E-state index in [1.165, 1.54) is 19.1 Å². The summed E-state index contributed by atoms with van der Waals surface area (Å²) >= 11 is 3.29. The van der Waals surface area contributed by atoms with Crippen molar-refractivity contribution in [3.8, 4) is 0 Å². The zero-order chi connectivity index (χ0) is 14.2. The van der Waals surface area contributed by atoms with E-state index < -0.39 is 17.7 Å². The monoisotopic (exact) mass is 326 g/mol. The van der Waals surface area contributed by atoms with Crippen molar-refractivity contribution in [2.75, 3.05) is 0 Å². The number of aliphatic hydroxyl groups is 1. The first-order valence-corrected chi connectivity index (χ1v) is 6.59. The van der Waals surface area contributed by atoms with Crippen molar-refractivity contribution in [1.82, 2.24) is 0 Å². The van der Waals surface area contributed by atoms with Crippen LogP contribution >= 0.6 is 15.9 Å². The molecule has 1 unspecified atom stereocenters. The smallest absolute Gasteiger partial charge is 0.135 e. The van der Waals surface area contributed by atoms with E-state index in [2.05, 4.69) is 15.9 Å². The van der Waals surface area contributed by atoms with Crippen molar-refractivity contribution >= 4 is 15.9 Å². The summed E-state index contributed by atoms with van der Waals surface area (Å²) in [6.45, 7) is 3.39. The molecule has 4 heteroatoms. The molecule has 2 aromatic carbocycles. The fourth-order valence-corrected chi connectivity index (χ4v) is 2.42. The summed E-state index contributed by atoms with van der Waals surface area (Å²) in [5.74, 6) is -1.45. The van der Waals surface area contributed by atoms with Gasteiger partial charge in [0.15, 0.2) is 0 Å². The van der Waals surface area contributed by atoms with Crippen LogP contribution in [0.5, 0.6) is 0 Å². The number of aryl methyl sites for hydroxylation is 2. The highest BCUT2D eigenvalue weighted by molar-refractivity contribution is 9.10. The minimum Gasteiger partial charge on any atom is -0.383 e. The van der Waals surface area contributed by atoms with E-state index in [9.17, 15) is 13.9 Å². The molecular formula is C15H13BrF2O. The summed E-state index contributed by atoms with van der Waals surface area (Å²) in [7, 11) is 0. The molecule has 0 bridgehead atoms. The third kappa shape index (κ3) is 2.69. The van der Waals surface area contributed by atoms with Crippen molar-refractivity contribution in [3.05, 3.63) is 68.7 Å². The summed E-state index contributed by atoms with van der Waals surface area (Å²) in [6.07, 6.45) is -1.34. The molecule has 0 aliphatic rings. The van der Waals surface area contributed by atoms with Gasteiger partial charge in [-0.2, -0.15) is 0 Å². The van der Waals surface area contributed by atoms with Crippen molar-refractivity contribution < 1.29 is 13.9 Å². The highest BCUT2D eigenvalue weighted by Gasteiger charge is 2.22. The Morgan fingerprint density at radius 2 is 1.79 bits per heavy atom. The van der Waals surface area contributed by atoms with E-state index in [-0.39, 0.29) is 5.56 Å². The molecule has 0 aliphatic carbocycles. The van der Waals surface area contributed by atoms with E-state index in [1.54, 1.807) is 12.1 Å².